The van der Waals surface area contributed by atoms with Crippen molar-refractivity contribution < 1.29 is 4.79 Å². The van der Waals surface area contributed by atoms with Crippen LogP contribution in [0.5, 0.6) is 0 Å². The predicted octanol–water partition coefficient (Wildman–Crippen LogP) is 2.94. The molecular weight excluding hydrogens is 288 g/mol. The van der Waals surface area contributed by atoms with Crippen LogP contribution in [0.15, 0.2) is 6.20 Å². The largest absolute Gasteiger partial charge is 0.365 e. The summed E-state index contributed by atoms with van der Waals surface area (Å²) < 4.78 is 0. The van der Waals surface area contributed by atoms with E-state index in [2.05, 4.69) is 27.1 Å². The number of carbonyl (C=O) groups is 1. The number of hydrogen-bond acceptors (Lipinski definition) is 4. The van der Waals surface area contributed by atoms with E-state index in [1.165, 1.54) is 32.1 Å². The number of aromatic nitrogens is 2. The van der Waals surface area contributed by atoms with Crippen LogP contribution in [-0.4, -0.2) is 39.9 Å². The third-order valence-electron chi connectivity index (χ3n) is 5.12. The maximum atomic E-state index is 12.3. The molecule has 126 valence electrons. The van der Waals surface area contributed by atoms with Crippen LogP contribution in [0.3, 0.4) is 0 Å². The van der Waals surface area contributed by atoms with E-state index in [0.29, 0.717) is 12.3 Å². The third-order valence-corrected chi connectivity index (χ3v) is 5.12. The van der Waals surface area contributed by atoms with Crippen molar-refractivity contribution in [3.05, 3.63) is 17.6 Å². The van der Waals surface area contributed by atoms with E-state index in [9.17, 15) is 4.79 Å². The van der Waals surface area contributed by atoms with Crippen molar-refractivity contribution in [2.75, 3.05) is 18.4 Å². The summed E-state index contributed by atoms with van der Waals surface area (Å²) in [6, 6.07) is 0.172. The molecule has 2 fully saturated rings. The molecule has 2 aliphatic rings. The monoisotopic (exact) mass is 316 g/mol. The highest BCUT2D eigenvalue weighted by Gasteiger charge is 2.31. The fraction of sp³-hybridized carbons (Fsp3) is 0.722. The summed E-state index contributed by atoms with van der Waals surface area (Å²) in [6.45, 7) is 5.76. The lowest BCUT2D eigenvalue weighted by Crippen LogP contribution is -2.33. The van der Waals surface area contributed by atoms with Crippen LogP contribution in [0.25, 0.3) is 0 Å². The molecule has 1 aromatic heterocycles. The Kier molecular flexibility index (Phi) is 5.13. The second-order valence-corrected chi connectivity index (χ2v) is 6.99. The van der Waals surface area contributed by atoms with Gasteiger partial charge in [-0.3, -0.25) is 4.79 Å². The van der Waals surface area contributed by atoms with Crippen LogP contribution >= 0.6 is 0 Å². The summed E-state index contributed by atoms with van der Waals surface area (Å²) in [5.74, 6) is 2.67. The minimum Gasteiger partial charge on any atom is -0.365 e. The van der Waals surface area contributed by atoms with Crippen LogP contribution in [0, 0.1) is 12.8 Å². The Morgan fingerprint density at radius 2 is 2.09 bits per heavy atom. The second-order valence-electron chi connectivity index (χ2n) is 6.99. The Bertz CT molecular complexity index is 554. The molecule has 1 saturated carbocycles. The van der Waals surface area contributed by atoms with Crippen LogP contribution < -0.4 is 5.32 Å². The highest BCUT2D eigenvalue weighted by Crippen LogP contribution is 2.27. The quantitative estimate of drug-likeness (QED) is 0.907. The normalized spacial score (nSPS) is 22.6. The van der Waals surface area contributed by atoms with E-state index >= 15 is 0 Å². The molecule has 0 spiro atoms. The van der Waals surface area contributed by atoms with Gasteiger partial charge in [0.1, 0.15) is 11.6 Å². The van der Waals surface area contributed by atoms with Gasteiger partial charge in [-0.05, 0) is 32.1 Å². The molecule has 23 heavy (non-hydrogen) atoms. The highest BCUT2D eigenvalue weighted by atomic mass is 16.2. The number of hydrogen-bond donors (Lipinski definition) is 1. The zero-order chi connectivity index (χ0) is 16.2. The van der Waals surface area contributed by atoms with E-state index in [1.54, 1.807) is 0 Å². The fourth-order valence-corrected chi connectivity index (χ4v) is 3.80. The van der Waals surface area contributed by atoms with Gasteiger partial charge < -0.3 is 10.2 Å². The summed E-state index contributed by atoms with van der Waals surface area (Å²) in [6.07, 6.45) is 9.96. The van der Waals surface area contributed by atoms with Crippen LogP contribution in [-0.2, 0) is 11.2 Å². The van der Waals surface area contributed by atoms with Crippen LogP contribution in [0.1, 0.15) is 56.8 Å². The van der Waals surface area contributed by atoms with E-state index in [1.807, 2.05) is 13.1 Å². The number of aryl methyl sites for hydroxylation is 2. The minimum atomic E-state index is 0.172. The molecule has 1 atom stereocenters. The van der Waals surface area contributed by atoms with Crippen molar-refractivity contribution in [1.29, 1.82) is 0 Å². The van der Waals surface area contributed by atoms with Gasteiger partial charge in [0.25, 0.3) is 0 Å². The minimum absolute atomic E-state index is 0.172. The molecular formula is C18H28N4O. The van der Waals surface area contributed by atoms with Gasteiger partial charge >= 0.3 is 0 Å². The van der Waals surface area contributed by atoms with Gasteiger partial charge in [-0.15, -0.1) is 0 Å². The van der Waals surface area contributed by atoms with Gasteiger partial charge in [-0.25, -0.2) is 9.97 Å². The molecule has 5 heteroatoms. The Hall–Kier alpha value is -1.65. The Morgan fingerprint density at radius 1 is 1.30 bits per heavy atom. The highest BCUT2D eigenvalue weighted by molar-refractivity contribution is 5.80. The molecule has 3 rings (SSSR count). The smallest absolute Gasteiger partial charge is 0.224 e. The molecule has 0 unspecified atom stereocenters. The van der Waals surface area contributed by atoms with E-state index in [4.69, 9.17) is 0 Å². The lowest BCUT2D eigenvalue weighted by Gasteiger charge is -2.27. The zero-order valence-electron chi connectivity index (χ0n) is 14.3. The van der Waals surface area contributed by atoms with Gasteiger partial charge in [-0.1, -0.05) is 26.2 Å². The van der Waals surface area contributed by atoms with E-state index in [-0.39, 0.29) is 11.9 Å². The third kappa shape index (κ3) is 4.01. The number of anilines is 1. The average Bonchev–Trinajstić information content (AvgIpc) is 2.88. The molecule has 2 heterocycles. The van der Waals surface area contributed by atoms with Crippen molar-refractivity contribution in [3.8, 4) is 0 Å². The molecule has 0 radical (unpaired) electrons. The van der Waals surface area contributed by atoms with Crippen molar-refractivity contribution >= 4 is 11.7 Å². The molecule has 1 amide bonds. The van der Waals surface area contributed by atoms with E-state index in [0.717, 1.165) is 36.7 Å². The molecule has 5 nitrogen and oxygen atoms in total. The molecule has 1 N–H and O–H groups in total. The van der Waals surface area contributed by atoms with Gasteiger partial charge in [0.05, 0.1) is 6.04 Å². The summed E-state index contributed by atoms with van der Waals surface area (Å²) in [5, 5.41) is 3.49. The number of likely N-dealkylation sites (tertiary alicyclic amines) is 1. The molecule has 1 aromatic rings. The molecule has 1 aliphatic heterocycles. The lowest BCUT2D eigenvalue weighted by atomic mass is 9.89. The summed E-state index contributed by atoms with van der Waals surface area (Å²) in [7, 11) is 0. The molecule has 0 aromatic carbocycles. The number of nitrogens with one attached hydrogen (secondary N) is 1. The van der Waals surface area contributed by atoms with Crippen molar-refractivity contribution in [3.63, 3.8) is 0 Å². The first kappa shape index (κ1) is 16.2. The number of nitrogens with zero attached hydrogens (tertiary/aromatic N) is 3. The van der Waals surface area contributed by atoms with Gasteiger partial charge in [0.15, 0.2) is 0 Å². The summed E-state index contributed by atoms with van der Waals surface area (Å²) >= 11 is 0. The van der Waals surface area contributed by atoms with Crippen LogP contribution in [0.2, 0.25) is 0 Å². The summed E-state index contributed by atoms with van der Waals surface area (Å²) in [4.78, 5) is 23.2. The Morgan fingerprint density at radius 3 is 2.83 bits per heavy atom. The van der Waals surface area contributed by atoms with Crippen molar-refractivity contribution in [2.45, 2.75) is 64.8 Å². The molecule has 1 saturated heterocycles. The second kappa shape index (κ2) is 7.28. The predicted molar refractivity (Wildman–Crippen MR) is 91.3 cm³/mol. The first-order chi connectivity index (χ1) is 11.2. The number of rotatable bonds is 5. The van der Waals surface area contributed by atoms with E-state index < -0.39 is 0 Å². The van der Waals surface area contributed by atoms with Gasteiger partial charge in [0.2, 0.25) is 5.91 Å². The summed E-state index contributed by atoms with van der Waals surface area (Å²) in [5.41, 5.74) is 1.12. The standard InChI is InChI=1S/C18H28N4O/c1-3-15-10-19-13(2)20-18(15)21-16-9-17(23)22(12-16)11-14-7-5-4-6-8-14/h10,14,16H,3-9,11-12H2,1-2H3,(H,19,20,21)/t16-/m1/s1. The maximum Gasteiger partial charge on any atom is 0.224 e. The number of amides is 1. The lowest BCUT2D eigenvalue weighted by molar-refractivity contribution is -0.128. The maximum absolute atomic E-state index is 12.3. The topological polar surface area (TPSA) is 58.1 Å². The molecule has 1 aliphatic carbocycles. The SMILES string of the molecule is CCc1cnc(C)nc1N[C@@H]1CC(=O)N(CC2CCCCC2)C1. The van der Waals surface area contributed by atoms with Crippen LogP contribution in [0.4, 0.5) is 5.82 Å². The average molecular weight is 316 g/mol. The van der Waals surface area contributed by atoms with Gasteiger partial charge in [-0.2, -0.15) is 0 Å². The Balaban J connectivity index is 1.60. The molecule has 0 bridgehead atoms. The number of carbonyl (C=O) groups excluding carboxylic acids is 1. The van der Waals surface area contributed by atoms with Gasteiger partial charge in [0, 0.05) is 31.3 Å². The van der Waals surface area contributed by atoms with Crippen molar-refractivity contribution in [1.82, 2.24) is 14.9 Å². The zero-order valence-corrected chi connectivity index (χ0v) is 14.3. The first-order valence-electron chi connectivity index (χ1n) is 9.02. The van der Waals surface area contributed by atoms with Crippen molar-refractivity contribution in [2.24, 2.45) is 5.92 Å². The fourth-order valence-electron chi connectivity index (χ4n) is 3.80. The Labute approximate surface area is 138 Å². The first-order valence-corrected chi connectivity index (χ1v) is 9.02.